The molecule has 0 radical (unpaired) electrons. The summed E-state index contributed by atoms with van der Waals surface area (Å²) >= 11 is 0. The molecule has 0 bridgehead atoms. The molecule has 0 N–H and O–H groups in total. The number of nitrogens with zero attached hydrogens (tertiary/aromatic N) is 3. The van der Waals surface area contributed by atoms with Gasteiger partial charge in [-0.15, -0.1) is 0 Å². The maximum absolute atomic E-state index is 12.8. The van der Waals surface area contributed by atoms with Crippen molar-refractivity contribution < 1.29 is 22.7 Å². The summed E-state index contributed by atoms with van der Waals surface area (Å²) in [5.74, 6) is 1.37. The molecule has 1 saturated heterocycles. The predicted octanol–water partition coefficient (Wildman–Crippen LogP) is 1.77. The Bertz CT molecular complexity index is 1020. The quantitative estimate of drug-likeness (QED) is 0.646. The number of hydrogen-bond donors (Lipinski definition) is 0. The maximum atomic E-state index is 12.8. The lowest BCUT2D eigenvalue weighted by Crippen LogP contribution is -2.51. The van der Waals surface area contributed by atoms with Crippen LogP contribution in [0.2, 0.25) is 0 Å². The number of hydrogen-bond acceptors (Lipinski definition) is 6. The molecule has 2 aliphatic heterocycles. The van der Waals surface area contributed by atoms with Gasteiger partial charge in [-0.25, -0.2) is 8.42 Å². The van der Waals surface area contributed by atoms with Crippen LogP contribution in [0.4, 0.5) is 0 Å². The van der Waals surface area contributed by atoms with Crippen LogP contribution in [0.5, 0.6) is 11.5 Å². The normalized spacial score (nSPS) is 16.6. The number of likely N-dealkylation sites (N-methyl/N-ethyl adjacent to an activating group) is 1. The number of amides is 1. The number of benzene rings is 2. The van der Waals surface area contributed by atoms with E-state index in [9.17, 15) is 13.2 Å². The van der Waals surface area contributed by atoms with Crippen LogP contribution in [-0.2, 0) is 21.4 Å². The van der Waals surface area contributed by atoms with Gasteiger partial charge in [0.1, 0.15) is 0 Å². The lowest BCUT2D eigenvalue weighted by Gasteiger charge is -2.35. The van der Waals surface area contributed by atoms with E-state index in [0.29, 0.717) is 13.1 Å². The average molecular weight is 446 g/mol. The van der Waals surface area contributed by atoms with Crippen molar-refractivity contribution >= 4 is 15.9 Å². The molecule has 2 aromatic carbocycles. The van der Waals surface area contributed by atoms with Crippen LogP contribution in [0.15, 0.2) is 53.4 Å². The first-order valence-corrected chi connectivity index (χ1v) is 11.8. The zero-order valence-electron chi connectivity index (χ0n) is 17.6. The van der Waals surface area contributed by atoms with Gasteiger partial charge in [-0.3, -0.25) is 9.69 Å². The number of fused-ring (bicyclic) bond motifs is 1. The number of carbonyl (C=O) groups is 1. The van der Waals surface area contributed by atoms with Gasteiger partial charge in [0.05, 0.1) is 11.4 Å². The Morgan fingerprint density at radius 1 is 1.00 bits per heavy atom. The molecule has 9 heteroatoms. The fourth-order valence-electron chi connectivity index (χ4n) is 3.81. The summed E-state index contributed by atoms with van der Waals surface area (Å²) in [6.45, 7) is 5.49. The molecule has 4 rings (SSSR count). The molecule has 0 saturated carbocycles. The van der Waals surface area contributed by atoms with Crippen LogP contribution in [0, 0.1) is 0 Å². The molecule has 1 fully saturated rings. The fraction of sp³-hybridized carbons (Fsp3) is 0.409. The summed E-state index contributed by atoms with van der Waals surface area (Å²) in [4.78, 5) is 17.0. The van der Waals surface area contributed by atoms with Gasteiger partial charge in [-0.1, -0.05) is 31.2 Å². The van der Waals surface area contributed by atoms with Crippen molar-refractivity contribution in [1.29, 1.82) is 0 Å². The Kier molecular flexibility index (Phi) is 6.45. The SMILES string of the molecule is CCN(CC(=O)N1CCN(Cc2ccc3c(c2)OCO3)CC1)S(=O)(=O)c1ccccc1. The van der Waals surface area contributed by atoms with Gasteiger partial charge in [-0.2, -0.15) is 4.31 Å². The third-order valence-electron chi connectivity index (χ3n) is 5.61. The van der Waals surface area contributed by atoms with Crippen molar-refractivity contribution in [2.45, 2.75) is 18.4 Å². The zero-order chi connectivity index (χ0) is 21.8. The summed E-state index contributed by atoms with van der Waals surface area (Å²) < 4.78 is 37.7. The van der Waals surface area contributed by atoms with Crippen molar-refractivity contribution in [3.63, 3.8) is 0 Å². The molecule has 1 amide bonds. The van der Waals surface area contributed by atoms with Gasteiger partial charge in [0.25, 0.3) is 0 Å². The molecule has 2 heterocycles. The van der Waals surface area contributed by atoms with Crippen LogP contribution in [-0.4, -0.2) is 74.5 Å². The predicted molar refractivity (Wildman–Crippen MR) is 115 cm³/mol. The summed E-state index contributed by atoms with van der Waals surface area (Å²) in [6.07, 6.45) is 0. The summed E-state index contributed by atoms with van der Waals surface area (Å²) in [7, 11) is -3.69. The summed E-state index contributed by atoms with van der Waals surface area (Å²) in [5.41, 5.74) is 1.13. The molecule has 0 atom stereocenters. The van der Waals surface area contributed by atoms with Crippen molar-refractivity contribution in [3.8, 4) is 11.5 Å². The first kappa shape index (κ1) is 21.6. The minimum absolute atomic E-state index is 0.143. The lowest BCUT2D eigenvalue weighted by atomic mass is 10.1. The molecule has 166 valence electrons. The first-order valence-electron chi connectivity index (χ1n) is 10.4. The molecular weight excluding hydrogens is 418 g/mol. The zero-order valence-corrected chi connectivity index (χ0v) is 18.4. The Morgan fingerprint density at radius 2 is 1.71 bits per heavy atom. The largest absolute Gasteiger partial charge is 0.454 e. The van der Waals surface area contributed by atoms with E-state index < -0.39 is 10.0 Å². The molecule has 0 unspecified atom stereocenters. The van der Waals surface area contributed by atoms with Gasteiger partial charge < -0.3 is 14.4 Å². The topological polar surface area (TPSA) is 79.4 Å². The van der Waals surface area contributed by atoms with Crippen LogP contribution in [0.1, 0.15) is 12.5 Å². The molecule has 31 heavy (non-hydrogen) atoms. The van der Waals surface area contributed by atoms with E-state index in [-0.39, 0.29) is 30.7 Å². The molecule has 8 nitrogen and oxygen atoms in total. The maximum Gasteiger partial charge on any atom is 0.243 e. The molecule has 0 spiro atoms. The van der Waals surface area contributed by atoms with E-state index in [1.54, 1.807) is 42.2 Å². The molecular formula is C22H27N3O5S. The highest BCUT2D eigenvalue weighted by Gasteiger charge is 2.28. The number of ether oxygens (including phenoxy) is 2. The van der Waals surface area contributed by atoms with Gasteiger partial charge in [0.2, 0.25) is 22.7 Å². The highest BCUT2D eigenvalue weighted by Crippen LogP contribution is 2.32. The molecule has 2 aliphatic rings. The Labute approximate surface area is 183 Å². The van der Waals surface area contributed by atoms with E-state index in [1.807, 2.05) is 18.2 Å². The van der Waals surface area contributed by atoms with Crippen molar-refractivity contribution in [2.24, 2.45) is 0 Å². The van der Waals surface area contributed by atoms with Crippen LogP contribution >= 0.6 is 0 Å². The second kappa shape index (κ2) is 9.25. The van der Waals surface area contributed by atoms with Crippen LogP contribution < -0.4 is 9.47 Å². The number of carbonyl (C=O) groups excluding carboxylic acids is 1. The Morgan fingerprint density at radius 3 is 2.42 bits per heavy atom. The monoisotopic (exact) mass is 445 g/mol. The van der Waals surface area contributed by atoms with E-state index in [0.717, 1.165) is 36.7 Å². The second-order valence-electron chi connectivity index (χ2n) is 7.59. The van der Waals surface area contributed by atoms with Crippen LogP contribution in [0.25, 0.3) is 0 Å². The minimum Gasteiger partial charge on any atom is -0.454 e. The summed E-state index contributed by atoms with van der Waals surface area (Å²) in [6, 6.07) is 14.2. The molecule has 0 aliphatic carbocycles. The van der Waals surface area contributed by atoms with Gasteiger partial charge in [0.15, 0.2) is 11.5 Å². The van der Waals surface area contributed by atoms with Gasteiger partial charge in [0, 0.05) is 39.3 Å². The second-order valence-corrected chi connectivity index (χ2v) is 9.53. The van der Waals surface area contributed by atoms with Crippen molar-refractivity contribution in [2.75, 3.05) is 46.1 Å². The van der Waals surface area contributed by atoms with Gasteiger partial charge in [-0.05, 0) is 29.8 Å². The van der Waals surface area contributed by atoms with E-state index in [1.165, 1.54) is 4.31 Å². The van der Waals surface area contributed by atoms with Crippen molar-refractivity contribution in [3.05, 3.63) is 54.1 Å². The molecule has 2 aromatic rings. The first-order chi connectivity index (χ1) is 15.0. The highest BCUT2D eigenvalue weighted by atomic mass is 32.2. The lowest BCUT2D eigenvalue weighted by molar-refractivity contribution is -0.133. The highest BCUT2D eigenvalue weighted by molar-refractivity contribution is 7.89. The number of piperazine rings is 1. The minimum atomic E-state index is -3.69. The van der Waals surface area contributed by atoms with Crippen LogP contribution in [0.3, 0.4) is 0 Å². The van der Waals surface area contributed by atoms with E-state index in [4.69, 9.17) is 9.47 Å². The average Bonchev–Trinajstić information content (AvgIpc) is 3.26. The fourth-order valence-corrected chi connectivity index (χ4v) is 5.23. The Balaban J connectivity index is 1.31. The van der Waals surface area contributed by atoms with E-state index >= 15 is 0 Å². The van der Waals surface area contributed by atoms with Crippen molar-refractivity contribution in [1.82, 2.24) is 14.1 Å². The standard InChI is InChI=1S/C22H27N3O5S/c1-2-25(31(27,28)19-6-4-3-5-7-19)16-22(26)24-12-10-23(11-13-24)15-18-8-9-20-21(14-18)30-17-29-20/h3-9,14H,2,10-13,15-17H2,1H3. The van der Waals surface area contributed by atoms with Gasteiger partial charge >= 0.3 is 0 Å². The number of rotatable bonds is 7. The Hall–Kier alpha value is -2.62. The number of sulfonamides is 1. The van der Waals surface area contributed by atoms with E-state index in [2.05, 4.69) is 4.90 Å². The molecule has 0 aromatic heterocycles. The smallest absolute Gasteiger partial charge is 0.243 e. The third kappa shape index (κ3) is 4.84. The summed E-state index contributed by atoms with van der Waals surface area (Å²) in [5, 5.41) is 0. The third-order valence-corrected chi connectivity index (χ3v) is 7.55.